The summed E-state index contributed by atoms with van der Waals surface area (Å²) in [6, 6.07) is 7.24. The van der Waals surface area contributed by atoms with Gasteiger partial charge in [-0.15, -0.1) is 11.3 Å². The number of nitrogens with one attached hydrogen (secondary N) is 1. The molecule has 3 aromatic rings. The van der Waals surface area contributed by atoms with Crippen LogP contribution in [0.2, 0.25) is 5.02 Å². The molecule has 0 spiro atoms. The first-order valence-corrected chi connectivity index (χ1v) is 11.8. The highest BCUT2D eigenvalue weighted by molar-refractivity contribution is 7.20. The van der Waals surface area contributed by atoms with Crippen LogP contribution < -0.4 is 10.9 Å². The second-order valence-corrected chi connectivity index (χ2v) is 9.75. The highest BCUT2D eigenvalue weighted by Gasteiger charge is 2.23. The maximum Gasteiger partial charge on any atom is 0.262 e. The molecule has 1 unspecified atom stereocenters. The summed E-state index contributed by atoms with van der Waals surface area (Å²) in [6.07, 6.45) is 3.51. The summed E-state index contributed by atoms with van der Waals surface area (Å²) in [5.74, 6) is 0.136. The predicted molar refractivity (Wildman–Crippen MR) is 126 cm³/mol. The maximum atomic E-state index is 13.1. The van der Waals surface area contributed by atoms with Gasteiger partial charge in [-0.05, 0) is 48.9 Å². The summed E-state index contributed by atoms with van der Waals surface area (Å²) < 4.78 is 1.35. The molecule has 3 heterocycles. The van der Waals surface area contributed by atoms with Gasteiger partial charge < -0.3 is 10.2 Å². The number of amides is 2. The zero-order valence-corrected chi connectivity index (χ0v) is 19.6. The summed E-state index contributed by atoms with van der Waals surface area (Å²) in [5, 5.41) is 3.91. The van der Waals surface area contributed by atoms with Crippen LogP contribution in [-0.2, 0) is 17.9 Å². The second kappa shape index (κ2) is 9.42. The zero-order valence-electron chi connectivity index (χ0n) is 18.1. The van der Waals surface area contributed by atoms with Gasteiger partial charge in [-0.3, -0.25) is 19.0 Å². The van der Waals surface area contributed by atoms with Crippen molar-refractivity contribution in [3.63, 3.8) is 0 Å². The number of rotatable bonds is 5. The van der Waals surface area contributed by atoms with Gasteiger partial charge in [0, 0.05) is 24.7 Å². The number of benzene rings is 1. The molecule has 1 aromatic carbocycles. The number of carbonyl (C=O) groups excluding carboxylic acids is 2. The molecule has 1 atom stereocenters. The minimum atomic E-state index is -0.293. The molecule has 0 aliphatic carbocycles. The van der Waals surface area contributed by atoms with Crippen molar-refractivity contribution in [1.29, 1.82) is 0 Å². The Morgan fingerprint density at radius 2 is 2.03 bits per heavy atom. The molecule has 0 bridgehead atoms. The van der Waals surface area contributed by atoms with Crippen molar-refractivity contribution >= 4 is 45.0 Å². The van der Waals surface area contributed by atoms with E-state index in [0.29, 0.717) is 38.1 Å². The molecule has 2 amide bonds. The number of fused-ring (bicyclic) bond motifs is 1. The molecular formula is C23H25ClN4O3S. The van der Waals surface area contributed by atoms with E-state index in [1.165, 1.54) is 22.2 Å². The van der Waals surface area contributed by atoms with Crippen molar-refractivity contribution in [2.24, 2.45) is 5.92 Å². The van der Waals surface area contributed by atoms with E-state index in [4.69, 9.17) is 11.6 Å². The van der Waals surface area contributed by atoms with Crippen LogP contribution in [0.4, 0.5) is 0 Å². The second-order valence-electron chi connectivity index (χ2n) is 8.31. The molecule has 0 saturated carbocycles. The monoisotopic (exact) mass is 472 g/mol. The van der Waals surface area contributed by atoms with Crippen molar-refractivity contribution in [2.75, 3.05) is 13.1 Å². The van der Waals surface area contributed by atoms with Gasteiger partial charge in [-0.2, -0.15) is 0 Å². The van der Waals surface area contributed by atoms with Gasteiger partial charge in [0.15, 0.2) is 0 Å². The molecule has 2 aromatic heterocycles. The topological polar surface area (TPSA) is 84.3 Å². The molecule has 1 N–H and O–H groups in total. The fraction of sp³-hybridized carbons (Fsp3) is 0.391. The lowest BCUT2D eigenvalue weighted by atomic mass is 10.0. The van der Waals surface area contributed by atoms with E-state index >= 15 is 0 Å². The van der Waals surface area contributed by atoms with Gasteiger partial charge in [0.05, 0.1) is 16.6 Å². The predicted octanol–water partition coefficient (Wildman–Crippen LogP) is 3.61. The largest absolute Gasteiger partial charge is 0.347 e. The standard InChI is InChI=1S/C23H25ClN4O3S/c1-14-4-3-9-27(11-14)18(29)12-28-13-26-22-19(23(28)31)15(2)20(32-22)21(30)25-10-16-5-7-17(24)8-6-16/h5-8,13-14H,3-4,9-12H2,1-2H3,(H,25,30). The molecule has 1 aliphatic heterocycles. The van der Waals surface area contributed by atoms with E-state index in [0.717, 1.165) is 31.5 Å². The smallest absolute Gasteiger partial charge is 0.262 e. The highest BCUT2D eigenvalue weighted by atomic mass is 35.5. The number of piperidine rings is 1. The van der Waals surface area contributed by atoms with Crippen LogP contribution in [0.15, 0.2) is 35.4 Å². The van der Waals surface area contributed by atoms with Crippen LogP contribution in [0.25, 0.3) is 10.2 Å². The number of carbonyl (C=O) groups is 2. The van der Waals surface area contributed by atoms with Crippen molar-refractivity contribution in [2.45, 2.75) is 39.8 Å². The Morgan fingerprint density at radius 3 is 2.75 bits per heavy atom. The lowest BCUT2D eigenvalue weighted by Crippen LogP contribution is -2.42. The van der Waals surface area contributed by atoms with Crippen LogP contribution in [0.1, 0.15) is 40.6 Å². The summed E-state index contributed by atoms with van der Waals surface area (Å²) in [6.45, 7) is 5.64. The molecule has 0 radical (unpaired) electrons. The Kier molecular flexibility index (Phi) is 6.62. The number of hydrogen-bond acceptors (Lipinski definition) is 5. The van der Waals surface area contributed by atoms with Crippen LogP contribution in [0.3, 0.4) is 0 Å². The van der Waals surface area contributed by atoms with Gasteiger partial charge >= 0.3 is 0 Å². The quantitative estimate of drug-likeness (QED) is 0.614. The van der Waals surface area contributed by atoms with Gasteiger partial charge in [0.2, 0.25) is 5.91 Å². The molecule has 9 heteroatoms. The average Bonchev–Trinajstić information content (AvgIpc) is 3.12. The number of aromatic nitrogens is 2. The molecule has 32 heavy (non-hydrogen) atoms. The van der Waals surface area contributed by atoms with Crippen LogP contribution in [0, 0.1) is 12.8 Å². The third-order valence-corrected chi connectivity index (χ3v) is 7.26. The average molecular weight is 473 g/mol. The minimum absolute atomic E-state index is 0.0398. The molecule has 7 nitrogen and oxygen atoms in total. The zero-order chi connectivity index (χ0) is 22.8. The Hall–Kier alpha value is -2.71. The maximum absolute atomic E-state index is 13.1. The highest BCUT2D eigenvalue weighted by Crippen LogP contribution is 2.27. The van der Waals surface area contributed by atoms with E-state index in [2.05, 4.69) is 17.2 Å². The molecule has 168 valence electrons. The number of hydrogen-bond donors (Lipinski definition) is 1. The van der Waals surface area contributed by atoms with Gasteiger partial charge in [0.1, 0.15) is 11.4 Å². The van der Waals surface area contributed by atoms with Crippen LogP contribution >= 0.6 is 22.9 Å². The third kappa shape index (κ3) is 4.71. The van der Waals surface area contributed by atoms with Crippen LogP contribution in [-0.4, -0.2) is 39.4 Å². The van der Waals surface area contributed by atoms with E-state index in [9.17, 15) is 14.4 Å². The first-order chi connectivity index (χ1) is 15.3. The number of aryl methyl sites for hydroxylation is 1. The van der Waals surface area contributed by atoms with Gasteiger partial charge in [0.25, 0.3) is 11.5 Å². The van der Waals surface area contributed by atoms with Crippen molar-refractivity contribution < 1.29 is 9.59 Å². The van der Waals surface area contributed by atoms with Crippen molar-refractivity contribution in [3.8, 4) is 0 Å². The minimum Gasteiger partial charge on any atom is -0.347 e. The Labute approximate surface area is 195 Å². The Bertz CT molecular complexity index is 1220. The normalized spacial score (nSPS) is 16.3. The first kappa shape index (κ1) is 22.5. The van der Waals surface area contributed by atoms with E-state index in [1.54, 1.807) is 19.1 Å². The summed E-state index contributed by atoms with van der Waals surface area (Å²) in [7, 11) is 0. The summed E-state index contributed by atoms with van der Waals surface area (Å²) in [5.41, 5.74) is 1.22. The fourth-order valence-electron chi connectivity index (χ4n) is 4.01. The molecule has 1 fully saturated rings. The SMILES string of the molecule is Cc1c(C(=O)NCc2ccc(Cl)cc2)sc2ncn(CC(=O)N3CCCC(C)C3)c(=O)c12. The number of nitrogens with zero attached hydrogens (tertiary/aromatic N) is 3. The van der Waals surface area contributed by atoms with E-state index in [-0.39, 0.29) is 23.9 Å². The summed E-state index contributed by atoms with van der Waals surface area (Å²) in [4.78, 5) is 45.7. The number of likely N-dealkylation sites (tertiary alicyclic amines) is 1. The van der Waals surface area contributed by atoms with E-state index in [1.807, 2.05) is 17.0 Å². The summed E-state index contributed by atoms with van der Waals surface area (Å²) >= 11 is 7.08. The molecule has 4 rings (SSSR count). The Balaban J connectivity index is 1.52. The van der Waals surface area contributed by atoms with Gasteiger partial charge in [-0.25, -0.2) is 4.98 Å². The van der Waals surface area contributed by atoms with Gasteiger partial charge in [-0.1, -0.05) is 30.7 Å². The lowest BCUT2D eigenvalue weighted by molar-refractivity contribution is -0.133. The number of thiophene rings is 1. The van der Waals surface area contributed by atoms with Crippen molar-refractivity contribution in [3.05, 3.63) is 62.0 Å². The Morgan fingerprint density at radius 1 is 1.28 bits per heavy atom. The fourth-order valence-corrected chi connectivity index (χ4v) is 5.20. The van der Waals surface area contributed by atoms with Crippen molar-refractivity contribution in [1.82, 2.24) is 19.8 Å². The molecule has 1 aliphatic rings. The third-order valence-electron chi connectivity index (χ3n) is 5.81. The van der Waals surface area contributed by atoms with Crippen LogP contribution in [0.5, 0.6) is 0 Å². The van der Waals surface area contributed by atoms with E-state index < -0.39 is 0 Å². The lowest BCUT2D eigenvalue weighted by Gasteiger charge is -2.31. The number of halogens is 1. The molecule has 1 saturated heterocycles. The molecular weight excluding hydrogens is 448 g/mol. The first-order valence-electron chi connectivity index (χ1n) is 10.6.